The highest BCUT2D eigenvalue weighted by Gasteiger charge is 2.42. The number of carbonyl (C=O) groups is 1. The Hall–Kier alpha value is -1.75. The Morgan fingerprint density at radius 3 is 2.60 bits per heavy atom. The minimum atomic E-state index is -0.261. The van der Waals surface area contributed by atoms with Crippen LogP contribution in [0.4, 0.5) is 10.5 Å². The van der Waals surface area contributed by atoms with E-state index in [0.717, 1.165) is 12.8 Å². The molecule has 5 nitrogen and oxygen atoms in total. The predicted octanol–water partition coefficient (Wildman–Crippen LogP) is 2.21. The van der Waals surface area contributed by atoms with Gasteiger partial charge >= 0.3 is 6.03 Å². The van der Waals surface area contributed by atoms with Gasteiger partial charge in [-0.1, -0.05) is 12.1 Å². The fourth-order valence-corrected chi connectivity index (χ4v) is 3.41. The number of urea groups is 1. The van der Waals surface area contributed by atoms with Crippen LogP contribution in [0.1, 0.15) is 25.7 Å². The SMILES string of the molecule is COc1ccccc1NC(=O)N1C2CCC1CC(O)C2. The summed E-state index contributed by atoms with van der Waals surface area (Å²) < 4.78 is 5.25. The molecule has 2 heterocycles. The molecule has 0 radical (unpaired) electrons. The minimum Gasteiger partial charge on any atom is -0.495 e. The van der Waals surface area contributed by atoms with Crippen molar-refractivity contribution in [3.8, 4) is 5.75 Å². The summed E-state index contributed by atoms with van der Waals surface area (Å²) in [4.78, 5) is 14.4. The Morgan fingerprint density at radius 2 is 1.95 bits per heavy atom. The van der Waals surface area contributed by atoms with Gasteiger partial charge in [-0.2, -0.15) is 0 Å². The number of piperidine rings is 1. The van der Waals surface area contributed by atoms with Crippen molar-refractivity contribution >= 4 is 11.7 Å². The van der Waals surface area contributed by atoms with Crippen molar-refractivity contribution in [1.82, 2.24) is 4.90 Å². The van der Waals surface area contributed by atoms with E-state index in [1.807, 2.05) is 29.2 Å². The van der Waals surface area contributed by atoms with Gasteiger partial charge in [-0.25, -0.2) is 4.79 Å². The number of methoxy groups -OCH3 is 1. The third-order valence-corrected chi connectivity index (χ3v) is 4.29. The predicted molar refractivity (Wildman–Crippen MR) is 75.9 cm³/mol. The van der Waals surface area contributed by atoms with Crippen molar-refractivity contribution < 1.29 is 14.6 Å². The maximum Gasteiger partial charge on any atom is 0.322 e. The number of aliphatic hydroxyl groups is 1. The van der Waals surface area contributed by atoms with Gasteiger partial charge in [0.15, 0.2) is 0 Å². The standard InChI is InChI=1S/C15H20N2O3/c1-20-14-5-3-2-4-13(14)16-15(19)17-10-6-7-11(17)9-12(18)8-10/h2-5,10-12,18H,6-9H2,1H3,(H,16,19). The molecule has 2 fully saturated rings. The highest BCUT2D eigenvalue weighted by atomic mass is 16.5. The first-order valence-electron chi connectivity index (χ1n) is 7.09. The number of amides is 2. The maximum absolute atomic E-state index is 12.5. The van der Waals surface area contributed by atoms with Gasteiger partial charge in [0.1, 0.15) is 5.75 Å². The number of nitrogens with zero attached hydrogens (tertiary/aromatic N) is 1. The lowest BCUT2D eigenvalue weighted by Gasteiger charge is -2.37. The Kier molecular flexibility index (Phi) is 3.53. The number of hydrogen-bond acceptors (Lipinski definition) is 3. The summed E-state index contributed by atoms with van der Waals surface area (Å²) in [5, 5.41) is 12.7. The van der Waals surface area contributed by atoms with E-state index in [9.17, 15) is 9.90 Å². The zero-order chi connectivity index (χ0) is 14.1. The lowest BCUT2D eigenvalue weighted by atomic mass is 10.0. The summed E-state index contributed by atoms with van der Waals surface area (Å²) in [6.45, 7) is 0. The minimum absolute atomic E-state index is 0.0890. The number of ether oxygens (including phenoxy) is 1. The van der Waals surface area contributed by atoms with Gasteiger partial charge in [-0.05, 0) is 37.8 Å². The van der Waals surface area contributed by atoms with Crippen LogP contribution in [0, 0.1) is 0 Å². The second-order valence-electron chi connectivity index (χ2n) is 5.55. The summed E-state index contributed by atoms with van der Waals surface area (Å²) in [7, 11) is 1.59. The number of aliphatic hydroxyl groups excluding tert-OH is 1. The molecule has 2 N–H and O–H groups in total. The molecule has 1 aromatic rings. The number of para-hydroxylation sites is 2. The second-order valence-corrected chi connectivity index (χ2v) is 5.55. The van der Waals surface area contributed by atoms with E-state index < -0.39 is 0 Å². The first-order valence-corrected chi connectivity index (χ1v) is 7.09. The van der Waals surface area contributed by atoms with E-state index in [1.165, 1.54) is 0 Å². The van der Waals surface area contributed by atoms with Gasteiger partial charge < -0.3 is 20.1 Å². The van der Waals surface area contributed by atoms with Crippen molar-refractivity contribution in [2.75, 3.05) is 12.4 Å². The van der Waals surface area contributed by atoms with Crippen molar-refractivity contribution in [2.24, 2.45) is 0 Å². The van der Waals surface area contributed by atoms with Gasteiger partial charge in [-0.3, -0.25) is 0 Å². The van der Waals surface area contributed by atoms with E-state index in [0.29, 0.717) is 24.3 Å². The Labute approximate surface area is 118 Å². The molecule has 0 aromatic heterocycles. The second kappa shape index (κ2) is 5.32. The molecule has 2 aliphatic heterocycles. The molecular formula is C15H20N2O3. The molecule has 20 heavy (non-hydrogen) atoms. The maximum atomic E-state index is 12.5. The molecule has 2 unspecified atom stereocenters. The normalized spacial score (nSPS) is 28.3. The van der Waals surface area contributed by atoms with Gasteiger partial charge in [0.2, 0.25) is 0 Å². The summed E-state index contributed by atoms with van der Waals surface area (Å²) in [5.41, 5.74) is 0.686. The highest BCUT2D eigenvalue weighted by Crippen LogP contribution is 2.36. The summed E-state index contributed by atoms with van der Waals surface area (Å²) in [6, 6.07) is 7.63. The Balaban J connectivity index is 1.74. The molecule has 0 saturated carbocycles. The van der Waals surface area contributed by atoms with E-state index in [1.54, 1.807) is 7.11 Å². The number of rotatable bonds is 2. The molecule has 2 amide bonds. The average molecular weight is 276 g/mol. The molecule has 0 aliphatic carbocycles. The molecule has 5 heteroatoms. The van der Waals surface area contributed by atoms with Crippen molar-refractivity contribution in [3.63, 3.8) is 0 Å². The van der Waals surface area contributed by atoms with Crippen LogP contribution in [0.15, 0.2) is 24.3 Å². The molecule has 2 saturated heterocycles. The monoisotopic (exact) mass is 276 g/mol. The first kappa shape index (κ1) is 13.2. The molecule has 1 aromatic carbocycles. The number of nitrogens with one attached hydrogen (secondary N) is 1. The largest absolute Gasteiger partial charge is 0.495 e. The number of benzene rings is 1. The quantitative estimate of drug-likeness (QED) is 0.870. The van der Waals surface area contributed by atoms with E-state index in [4.69, 9.17) is 4.74 Å². The summed E-state index contributed by atoms with van der Waals surface area (Å²) in [5.74, 6) is 0.658. The van der Waals surface area contributed by atoms with Gasteiger partial charge in [-0.15, -0.1) is 0 Å². The smallest absolute Gasteiger partial charge is 0.322 e. The number of fused-ring (bicyclic) bond motifs is 2. The molecular weight excluding hydrogens is 256 g/mol. The highest BCUT2D eigenvalue weighted by molar-refractivity contribution is 5.91. The molecule has 108 valence electrons. The van der Waals surface area contributed by atoms with Crippen LogP contribution in [0.5, 0.6) is 5.75 Å². The Bertz CT molecular complexity index is 492. The lowest BCUT2D eigenvalue weighted by molar-refractivity contribution is 0.0580. The third-order valence-electron chi connectivity index (χ3n) is 4.29. The first-order chi connectivity index (χ1) is 9.69. The van der Waals surface area contributed by atoms with Crippen LogP contribution >= 0.6 is 0 Å². The van der Waals surface area contributed by atoms with Crippen molar-refractivity contribution in [1.29, 1.82) is 0 Å². The van der Waals surface area contributed by atoms with E-state index >= 15 is 0 Å². The van der Waals surface area contributed by atoms with Gasteiger partial charge in [0.05, 0.1) is 18.9 Å². The summed E-state index contributed by atoms with van der Waals surface area (Å²) >= 11 is 0. The van der Waals surface area contributed by atoms with Crippen LogP contribution < -0.4 is 10.1 Å². The van der Waals surface area contributed by atoms with Crippen molar-refractivity contribution in [2.45, 2.75) is 43.9 Å². The van der Waals surface area contributed by atoms with Crippen LogP contribution in [0.3, 0.4) is 0 Å². The zero-order valence-electron chi connectivity index (χ0n) is 11.6. The molecule has 3 rings (SSSR count). The molecule has 2 aliphatic rings. The molecule has 2 bridgehead atoms. The topological polar surface area (TPSA) is 61.8 Å². The lowest BCUT2D eigenvalue weighted by Crippen LogP contribution is -2.49. The van der Waals surface area contributed by atoms with Gasteiger partial charge in [0, 0.05) is 12.1 Å². The van der Waals surface area contributed by atoms with Crippen LogP contribution in [-0.4, -0.2) is 41.3 Å². The fourth-order valence-electron chi connectivity index (χ4n) is 3.41. The van der Waals surface area contributed by atoms with Crippen LogP contribution in [0.25, 0.3) is 0 Å². The van der Waals surface area contributed by atoms with E-state index in [-0.39, 0.29) is 24.2 Å². The third kappa shape index (κ3) is 2.33. The van der Waals surface area contributed by atoms with Crippen LogP contribution in [0.2, 0.25) is 0 Å². The zero-order valence-corrected chi connectivity index (χ0v) is 11.6. The number of carbonyl (C=O) groups excluding carboxylic acids is 1. The molecule has 2 atom stereocenters. The van der Waals surface area contributed by atoms with Gasteiger partial charge in [0.25, 0.3) is 0 Å². The van der Waals surface area contributed by atoms with E-state index in [2.05, 4.69) is 5.32 Å². The Morgan fingerprint density at radius 1 is 1.30 bits per heavy atom. The number of anilines is 1. The number of hydrogen-bond donors (Lipinski definition) is 2. The molecule has 0 spiro atoms. The average Bonchev–Trinajstić information content (AvgIpc) is 2.72. The summed E-state index contributed by atoms with van der Waals surface area (Å²) in [6.07, 6.45) is 3.09. The van der Waals surface area contributed by atoms with Crippen LogP contribution in [-0.2, 0) is 0 Å². The van der Waals surface area contributed by atoms with Crippen molar-refractivity contribution in [3.05, 3.63) is 24.3 Å². The fraction of sp³-hybridized carbons (Fsp3) is 0.533.